The predicted octanol–water partition coefficient (Wildman–Crippen LogP) is 3.63. The lowest BCUT2D eigenvalue weighted by Crippen LogP contribution is -2.15. The molecule has 2 rings (SSSR count). The SMILES string of the molecule is COCc1ccc(C(CO)Nc2ccccc2Cl)cc1. The average Bonchev–Trinajstić information content (AvgIpc) is 2.48. The van der Waals surface area contributed by atoms with Crippen molar-refractivity contribution in [1.29, 1.82) is 0 Å². The molecule has 1 unspecified atom stereocenters. The van der Waals surface area contributed by atoms with Gasteiger partial charge in [0.15, 0.2) is 0 Å². The van der Waals surface area contributed by atoms with E-state index in [-0.39, 0.29) is 12.6 Å². The van der Waals surface area contributed by atoms with Crippen LogP contribution in [0.2, 0.25) is 5.02 Å². The number of aliphatic hydroxyl groups is 1. The first kappa shape index (κ1) is 14.9. The van der Waals surface area contributed by atoms with Crippen LogP contribution in [0.25, 0.3) is 0 Å². The average molecular weight is 292 g/mol. The van der Waals surface area contributed by atoms with E-state index in [2.05, 4.69) is 5.32 Å². The van der Waals surface area contributed by atoms with Crippen molar-refractivity contribution in [3.63, 3.8) is 0 Å². The summed E-state index contributed by atoms with van der Waals surface area (Å²) in [5.41, 5.74) is 2.92. The molecule has 0 aromatic heterocycles. The molecule has 0 aliphatic rings. The van der Waals surface area contributed by atoms with Gasteiger partial charge in [0.25, 0.3) is 0 Å². The lowest BCUT2D eigenvalue weighted by molar-refractivity contribution is 0.185. The second kappa shape index (κ2) is 7.29. The number of aliphatic hydroxyl groups excluding tert-OH is 1. The van der Waals surface area contributed by atoms with Crippen molar-refractivity contribution in [3.8, 4) is 0 Å². The summed E-state index contributed by atoms with van der Waals surface area (Å²) in [5.74, 6) is 0. The van der Waals surface area contributed by atoms with Gasteiger partial charge >= 0.3 is 0 Å². The molecule has 2 aromatic rings. The summed E-state index contributed by atoms with van der Waals surface area (Å²) in [4.78, 5) is 0. The number of halogens is 1. The third kappa shape index (κ3) is 3.73. The van der Waals surface area contributed by atoms with Crippen LogP contribution >= 0.6 is 11.6 Å². The van der Waals surface area contributed by atoms with E-state index in [1.165, 1.54) is 0 Å². The Morgan fingerprint density at radius 3 is 2.45 bits per heavy atom. The Morgan fingerprint density at radius 1 is 1.15 bits per heavy atom. The van der Waals surface area contributed by atoms with Gasteiger partial charge in [-0.25, -0.2) is 0 Å². The second-order valence-electron chi connectivity index (χ2n) is 4.53. The molecule has 0 radical (unpaired) electrons. The maximum absolute atomic E-state index is 9.57. The van der Waals surface area contributed by atoms with Crippen molar-refractivity contribution < 1.29 is 9.84 Å². The predicted molar refractivity (Wildman–Crippen MR) is 82.1 cm³/mol. The van der Waals surface area contributed by atoms with E-state index in [0.717, 1.165) is 16.8 Å². The molecule has 0 saturated carbocycles. The van der Waals surface area contributed by atoms with Gasteiger partial charge in [-0.2, -0.15) is 0 Å². The lowest BCUT2D eigenvalue weighted by Gasteiger charge is -2.19. The van der Waals surface area contributed by atoms with Crippen molar-refractivity contribution in [1.82, 2.24) is 0 Å². The smallest absolute Gasteiger partial charge is 0.0745 e. The molecular weight excluding hydrogens is 274 g/mol. The van der Waals surface area contributed by atoms with E-state index in [1.807, 2.05) is 48.5 Å². The van der Waals surface area contributed by atoms with Gasteiger partial charge in [0, 0.05) is 7.11 Å². The van der Waals surface area contributed by atoms with Gasteiger partial charge in [-0.3, -0.25) is 0 Å². The minimum absolute atomic E-state index is 0.00511. The van der Waals surface area contributed by atoms with Crippen molar-refractivity contribution in [3.05, 3.63) is 64.7 Å². The lowest BCUT2D eigenvalue weighted by atomic mass is 10.1. The van der Waals surface area contributed by atoms with Gasteiger partial charge in [0.05, 0.1) is 30.0 Å². The summed E-state index contributed by atoms with van der Waals surface area (Å²) in [5, 5.41) is 13.5. The molecule has 0 aliphatic carbocycles. The highest BCUT2D eigenvalue weighted by Crippen LogP contribution is 2.26. The Labute approximate surface area is 124 Å². The summed E-state index contributed by atoms with van der Waals surface area (Å²) < 4.78 is 5.08. The van der Waals surface area contributed by atoms with Crippen LogP contribution in [0.3, 0.4) is 0 Å². The van der Waals surface area contributed by atoms with E-state index in [0.29, 0.717) is 11.6 Å². The van der Waals surface area contributed by atoms with E-state index in [9.17, 15) is 5.11 Å². The van der Waals surface area contributed by atoms with Crippen LogP contribution in [0.4, 0.5) is 5.69 Å². The number of hydrogen-bond acceptors (Lipinski definition) is 3. The van der Waals surface area contributed by atoms with E-state index in [1.54, 1.807) is 7.11 Å². The fourth-order valence-electron chi connectivity index (χ4n) is 2.01. The molecule has 4 heteroatoms. The normalized spacial score (nSPS) is 12.2. The molecular formula is C16H18ClNO2. The number of ether oxygens (including phenoxy) is 1. The number of nitrogens with one attached hydrogen (secondary N) is 1. The number of benzene rings is 2. The minimum atomic E-state index is -0.188. The van der Waals surface area contributed by atoms with Crippen molar-refractivity contribution in [2.75, 3.05) is 19.0 Å². The summed E-state index contributed by atoms with van der Waals surface area (Å²) in [7, 11) is 1.67. The van der Waals surface area contributed by atoms with Crippen LogP contribution in [0, 0.1) is 0 Å². The van der Waals surface area contributed by atoms with Gasteiger partial charge in [0.1, 0.15) is 0 Å². The molecule has 3 nitrogen and oxygen atoms in total. The molecule has 0 spiro atoms. The van der Waals surface area contributed by atoms with Gasteiger partial charge in [-0.1, -0.05) is 48.0 Å². The standard InChI is InChI=1S/C16H18ClNO2/c1-20-11-12-6-8-13(9-7-12)16(10-19)18-15-5-3-2-4-14(15)17/h2-9,16,18-19H,10-11H2,1H3. The Hall–Kier alpha value is -1.55. The Morgan fingerprint density at radius 2 is 1.85 bits per heavy atom. The summed E-state index contributed by atoms with van der Waals surface area (Å²) in [6, 6.07) is 15.3. The Kier molecular flexibility index (Phi) is 5.41. The number of anilines is 1. The molecule has 0 aliphatic heterocycles. The number of methoxy groups -OCH3 is 1. The Bertz CT molecular complexity index is 542. The third-order valence-corrected chi connectivity index (χ3v) is 3.41. The fourth-order valence-corrected chi connectivity index (χ4v) is 2.20. The summed E-state index contributed by atoms with van der Waals surface area (Å²) >= 11 is 6.12. The summed E-state index contributed by atoms with van der Waals surface area (Å²) in [6.45, 7) is 0.580. The van der Waals surface area contributed by atoms with Crippen molar-refractivity contribution in [2.24, 2.45) is 0 Å². The number of para-hydroxylation sites is 1. The van der Waals surface area contributed by atoms with Crippen LogP contribution in [-0.4, -0.2) is 18.8 Å². The molecule has 0 bridgehead atoms. The molecule has 0 amide bonds. The van der Waals surface area contributed by atoms with Crippen LogP contribution < -0.4 is 5.32 Å². The van der Waals surface area contributed by atoms with Gasteiger partial charge < -0.3 is 15.2 Å². The molecule has 20 heavy (non-hydrogen) atoms. The molecule has 106 valence electrons. The fraction of sp³-hybridized carbons (Fsp3) is 0.250. The van der Waals surface area contributed by atoms with Crippen LogP contribution in [0.5, 0.6) is 0 Å². The quantitative estimate of drug-likeness (QED) is 0.854. The van der Waals surface area contributed by atoms with E-state index >= 15 is 0 Å². The zero-order chi connectivity index (χ0) is 14.4. The highest BCUT2D eigenvalue weighted by molar-refractivity contribution is 6.33. The monoisotopic (exact) mass is 291 g/mol. The largest absolute Gasteiger partial charge is 0.394 e. The highest BCUT2D eigenvalue weighted by Gasteiger charge is 2.11. The second-order valence-corrected chi connectivity index (χ2v) is 4.94. The minimum Gasteiger partial charge on any atom is -0.394 e. The molecule has 2 aromatic carbocycles. The molecule has 0 fully saturated rings. The molecule has 1 atom stereocenters. The van der Waals surface area contributed by atoms with E-state index in [4.69, 9.17) is 16.3 Å². The van der Waals surface area contributed by atoms with Crippen LogP contribution in [0.1, 0.15) is 17.2 Å². The highest BCUT2D eigenvalue weighted by atomic mass is 35.5. The maximum atomic E-state index is 9.57. The van der Waals surface area contributed by atoms with Crippen molar-refractivity contribution >= 4 is 17.3 Å². The van der Waals surface area contributed by atoms with Gasteiger partial charge in [-0.15, -0.1) is 0 Å². The molecule has 0 heterocycles. The first-order valence-electron chi connectivity index (χ1n) is 6.44. The van der Waals surface area contributed by atoms with E-state index < -0.39 is 0 Å². The third-order valence-electron chi connectivity index (χ3n) is 3.08. The zero-order valence-corrected chi connectivity index (χ0v) is 12.1. The number of rotatable bonds is 6. The summed E-state index contributed by atoms with van der Waals surface area (Å²) in [6.07, 6.45) is 0. The van der Waals surface area contributed by atoms with Crippen molar-refractivity contribution in [2.45, 2.75) is 12.6 Å². The van der Waals surface area contributed by atoms with Crippen LogP contribution in [-0.2, 0) is 11.3 Å². The topological polar surface area (TPSA) is 41.5 Å². The molecule has 0 saturated heterocycles. The first-order chi connectivity index (χ1) is 9.74. The molecule has 2 N–H and O–H groups in total. The first-order valence-corrected chi connectivity index (χ1v) is 6.82. The zero-order valence-electron chi connectivity index (χ0n) is 11.3. The maximum Gasteiger partial charge on any atom is 0.0745 e. The van der Waals surface area contributed by atoms with Gasteiger partial charge in [-0.05, 0) is 23.3 Å². The van der Waals surface area contributed by atoms with Gasteiger partial charge in [0.2, 0.25) is 0 Å². The number of hydrogen-bond donors (Lipinski definition) is 2. The van der Waals surface area contributed by atoms with Crippen LogP contribution in [0.15, 0.2) is 48.5 Å². The Balaban J connectivity index is 2.13.